The average Bonchev–Trinajstić information content (AvgIpc) is 2.10. The Morgan fingerprint density at radius 1 is 1.53 bits per heavy atom. The van der Waals surface area contributed by atoms with Gasteiger partial charge in [-0.1, -0.05) is 15.9 Å². The molecule has 3 N–H and O–H groups in total. The molecule has 0 fully saturated rings. The van der Waals surface area contributed by atoms with Gasteiger partial charge < -0.3 is 15.7 Å². The monoisotopic (exact) mass is 294 g/mol. The lowest BCUT2D eigenvalue weighted by molar-refractivity contribution is -0.115. The van der Waals surface area contributed by atoms with Gasteiger partial charge in [0.1, 0.15) is 5.75 Å². The summed E-state index contributed by atoms with van der Waals surface area (Å²) in [5.41, 5.74) is 0.411. The van der Waals surface area contributed by atoms with Gasteiger partial charge in [0.25, 0.3) is 0 Å². The van der Waals surface area contributed by atoms with Crippen LogP contribution in [0.1, 0.15) is 0 Å². The van der Waals surface area contributed by atoms with Crippen molar-refractivity contribution in [2.75, 3.05) is 18.9 Å². The predicted octanol–water partition coefficient (Wildman–Crippen LogP) is 1.73. The van der Waals surface area contributed by atoms with Crippen LogP contribution >= 0.6 is 28.3 Å². The molecule has 84 valence electrons. The summed E-state index contributed by atoms with van der Waals surface area (Å²) in [5, 5.41) is 14.7. The molecule has 0 saturated carbocycles. The SMILES string of the molecule is CNCC(=O)Nc1ccc(Br)cc1O.Cl. The third kappa shape index (κ3) is 4.51. The number of aromatic hydroxyl groups is 1. The molecule has 6 heteroatoms. The van der Waals surface area contributed by atoms with Gasteiger partial charge in [-0.2, -0.15) is 0 Å². The topological polar surface area (TPSA) is 61.4 Å². The maximum atomic E-state index is 11.2. The molecule has 0 aliphatic heterocycles. The first-order valence-electron chi connectivity index (χ1n) is 4.06. The number of amides is 1. The number of phenolic OH excluding ortho intramolecular Hbond substituents is 1. The van der Waals surface area contributed by atoms with Crippen LogP contribution in [0, 0.1) is 0 Å². The van der Waals surface area contributed by atoms with Crippen molar-refractivity contribution in [2.24, 2.45) is 0 Å². The van der Waals surface area contributed by atoms with E-state index in [1.165, 1.54) is 6.07 Å². The highest BCUT2D eigenvalue weighted by Gasteiger charge is 2.05. The molecule has 1 rings (SSSR count). The molecular weight excluding hydrogens is 283 g/mol. The number of nitrogens with one attached hydrogen (secondary N) is 2. The largest absolute Gasteiger partial charge is 0.506 e. The molecule has 0 radical (unpaired) electrons. The predicted molar refractivity (Wildman–Crippen MR) is 65.6 cm³/mol. The minimum absolute atomic E-state index is 0. The Morgan fingerprint density at radius 2 is 2.20 bits per heavy atom. The minimum atomic E-state index is -0.190. The Bertz CT molecular complexity index is 347. The van der Waals surface area contributed by atoms with Crippen LogP contribution in [0.4, 0.5) is 5.69 Å². The molecule has 1 aromatic carbocycles. The number of halogens is 2. The van der Waals surface area contributed by atoms with E-state index in [-0.39, 0.29) is 30.6 Å². The molecule has 0 atom stereocenters. The second kappa shape index (κ2) is 6.66. The Kier molecular flexibility index (Phi) is 6.31. The number of carbonyl (C=O) groups excluding carboxylic acids is 1. The third-order valence-corrected chi connectivity index (χ3v) is 2.06. The van der Waals surface area contributed by atoms with Crippen LogP contribution in [0.25, 0.3) is 0 Å². The summed E-state index contributed by atoms with van der Waals surface area (Å²) < 4.78 is 0.765. The van der Waals surface area contributed by atoms with E-state index in [2.05, 4.69) is 26.6 Å². The number of likely N-dealkylation sites (N-methyl/N-ethyl adjacent to an activating group) is 1. The molecule has 0 saturated heterocycles. The zero-order valence-corrected chi connectivity index (χ0v) is 10.5. The van der Waals surface area contributed by atoms with E-state index in [0.29, 0.717) is 5.69 Å². The van der Waals surface area contributed by atoms with Crippen molar-refractivity contribution in [1.82, 2.24) is 5.32 Å². The van der Waals surface area contributed by atoms with Gasteiger partial charge in [0.15, 0.2) is 0 Å². The lowest BCUT2D eigenvalue weighted by Gasteiger charge is -2.06. The van der Waals surface area contributed by atoms with Gasteiger partial charge in [0.05, 0.1) is 12.2 Å². The minimum Gasteiger partial charge on any atom is -0.506 e. The molecule has 0 heterocycles. The molecule has 0 aromatic heterocycles. The summed E-state index contributed by atoms with van der Waals surface area (Å²) in [4.78, 5) is 11.2. The van der Waals surface area contributed by atoms with E-state index >= 15 is 0 Å². The summed E-state index contributed by atoms with van der Waals surface area (Å²) in [5.74, 6) is -0.144. The maximum Gasteiger partial charge on any atom is 0.238 e. The fraction of sp³-hybridized carbons (Fsp3) is 0.222. The first-order valence-corrected chi connectivity index (χ1v) is 4.85. The van der Waals surface area contributed by atoms with Crippen molar-refractivity contribution in [3.05, 3.63) is 22.7 Å². The Morgan fingerprint density at radius 3 is 2.73 bits per heavy atom. The Labute approximate surface area is 103 Å². The third-order valence-electron chi connectivity index (χ3n) is 1.57. The number of carbonyl (C=O) groups is 1. The molecule has 0 spiro atoms. The molecule has 0 unspecified atom stereocenters. The van der Waals surface area contributed by atoms with Gasteiger partial charge in [-0.15, -0.1) is 12.4 Å². The molecular formula is C9H12BrClN2O2. The summed E-state index contributed by atoms with van der Waals surface area (Å²) in [6.07, 6.45) is 0. The van der Waals surface area contributed by atoms with E-state index in [1.54, 1.807) is 19.2 Å². The van der Waals surface area contributed by atoms with Gasteiger partial charge in [0, 0.05) is 4.47 Å². The normalized spacial score (nSPS) is 9.20. The van der Waals surface area contributed by atoms with E-state index in [9.17, 15) is 9.90 Å². The summed E-state index contributed by atoms with van der Waals surface area (Å²) >= 11 is 3.21. The summed E-state index contributed by atoms with van der Waals surface area (Å²) in [7, 11) is 1.68. The second-order valence-corrected chi connectivity index (χ2v) is 3.66. The van der Waals surface area contributed by atoms with Crippen molar-refractivity contribution in [3.63, 3.8) is 0 Å². The number of rotatable bonds is 3. The lowest BCUT2D eigenvalue weighted by Crippen LogP contribution is -2.25. The maximum absolute atomic E-state index is 11.2. The van der Waals surface area contributed by atoms with Crippen molar-refractivity contribution >= 4 is 39.9 Å². The van der Waals surface area contributed by atoms with E-state index < -0.39 is 0 Å². The van der Waals surface area contributed by atoms with Crippen molar-refractivity contribution in [1.29, 1.82) is 0 Å². The van der Waals surface area contributed by atoms with Crippen LogP contribution in [-0.4, -0.2) is 24.6 Å². The number of hydrogen-bond acceptors (Lipinski definition) is 3. The zero-order chi connectivity index (χ0) is 10.6. The molecule has 0 aliphatic carbocycles. The van der Waals surface area contributed by atoms with Crippen molar-refractivity contribution in [3.8, 4) is 5.75 Å². The molecule has 1 amide bonds. The van der Waals surface area contributed by atoms with E-state index in [0.717, 1.165) is 4.47 Å². The van der Waals surface area contributed by atoms with E-state index in [1.807, 2.05) is 0 Å². The number of anilines is 1. The first kappa shape index (κ1) is 14.2. The highest BCUT2D eigenvalue weighted by atomic mass is 79.9. The quantitative estimate of drug-likeness (QED) is 0.744. The van der Waals surface area contributed by atoms with Gasteiger partial charge >= 0.3 is 0 Å². The summed E-state index contributed by atoms with van der Waals surface area (Å²) in [6.45, 7) is 0.218. The molecule has 1 aromatic rings. The number of benzene rings is 1. The molecule has 15 heavy (non-hydrogen) atoms. The van der Waals surface area contributed by atoms with Crippen LogP contribution in [0.15, 0.2) is 22.7 Å². The van der Waals surface area contributed by atoms with Crippen LogP contribution in [-0.2, 0) is 4.79 Å². The fourth-order valence-corrected chi connectivity index (χ4v) is 1.31. The van der Waals surface area contributed by atoms with Gasteiger partial charge in [0.2, 0.25) is 5.91 Å². The van der Waals surface area contributed by atoms with Crippen LogP contribution in [0.2, 0.25) is 0 Å². The lowest BCUT2D eigenvalue weighted by atomic mass is 10.3. The summed E-state index contributed by atoms with van der Waals surface area (Å²) in [6, 6.07) is 4.90. The van der Waals surface area contributed by atoms with Crippen molar-refractivity contribution < 1.29 is 9.90 Å². The smallest absolute Gasteiger partial charge is 0.238 e. The van der Waals surface area contributed by atoms with E-state index in [4.69, 9.17) is 0 Å². The van der Waals surface area contributed by atoms with Gasteiger partial charge in [-0.25, -0.2) is 0 Å². The molecule has 0 bridgehead atoms. The number of hydrogen-bond donors (Lipinski definition) is 3. The highest BCUT2D eigenvalue weighted by molar-refractivity contribution is 9.10. The zero-order valence-electron chi connectivity index (χ0n) is 8.08. The van der Waals surface area contributed by atoms with Crippen LogP contribution in [0.5, 0.6) is 5.75 Å². The van der Waals surface area contributed by atoms with Crippen LogP contribution < -0.4 is 10.6 Å². The van der Waals surface area contributed by atoms with Gasteiger partial charge in [-0.05, 0) is 25.2 Å². The van der Waals surface area contributed by atoms with Crippen molar-refractivity contribution in [2.45, 2.75) is 0 Å². The fourth-order valence-electron chi connectivity index (χ4n) is 0.965. The second-order valence-electron chi connectivity index (χ2n) is 2.74. The molecule has 4 nitrogen and oxygen atoms in total. The molecule has 0 aliphatic rings. The first-order chi connectivity index (χ1) is 6.63. The average molecular weight is 296 g/mol. The number of phenols is 1. The van der Waals surface area contributed by atoms with Crippen LogP contribution in [0.3, 0.4) is 0 Å². The Hall–Kier alpha value is -0.780. The standard InChI is InChI=1S/C9H11BrN2O2.ClH/c1-11-5-9(14)12-7-3-2-6(10)4-8(7)13;/h2-4,11,13H,5H2,1H3,(H,12,14);1H. The highest BCUT2D eigenvalue weighted by Crippen LogP contribution is 2.26. The van der Waals surface area contributed by atoms with Gasteiger partial charge in [-0.3, -0.25) is 4.79 Å². The Balaban J connectivity index is 0.00000196.